The number of esters is 1. The minimum Gasteiger partial charge on any atom is -0.493 e. The van der Waals surface area contributed by atoms with Crippen LogP contribution < -0.4 is 10.1 Å². The molecule has 0 aliphatic carbocycles. The maximum Gasteiger partial charge on any atom is 0.342 e. The van der Waals surface area contributed by atoms with Crippen molar-refractivity contribution < 1.29 is 19.1 Å². The Morgan fingerprint density at radius 2 is 1.73 bits per heavy atom. The van der Waals surface area contributed by atoms with Crippen molar-refractivity contribution in [3.05, 3.63) is 65.2 Å². The average molecular weight is 355 g/mol. The van der Waals surface area contributed by atoms with Crippen molar-refractivity contribution in [3.8, 4) is 5.75 Å². The third-order valence-electron chi connectivity index (χ3n) is 4.01. The summed E-state index contributed by atoms with van der Waals surface area (Å²) in [5.41, 5.74) is 2.56. The molecule has 0 unspecified atom stereocenters. The summed E-state index contributed by atoms with van der Waals surface area (Å²) in [5.74, 6) is -0.478. The van der Waals surface area contributed by atoms with E-state index in [1.807, 2.05) is 38.1 Å². The Hall–Kier alpha value is -2.82. The van der Waals surface area contributed by atoms with Crippen LogP contribution >= 0.6 is 0 Å². The zero-order valence-electron chi connectivity index (χ0n) is 15.5. The smallest absolute Gasteiger partial charge is 0.342 e. The molecule has 0 saturated carbocycles. The van der Waals surface area contributed by atoms with E-state index in [-0.39, 0.29) is 18.6 Å². The summed E-state index contributed by atoms with van der Waals surface area (Å²) in [6.07, 6.45) is 0.972. The van der Waals surface area contributed by atoms with Gasteiger partial charge in [0.25, 0.3) is 5.91 Å². The highest BCUT2D eigenvalue weighted by Crippen LogP contribution is 2.19. The molecule has 0 radical (unpaired) electrons. The standard InChI is InChI=1S/C21H25NO4/c1-4-16-10-12-17(13-11-16)15(3)22-20(23)14-26-21(24)18-8-6-7-9-19(18)25-5-2/h6-13,15H,4-5,14H2,1-3H3,(H,22,23)/t15-/m0/s1. The number of carbonyl (C=O) groups is 2. The maximum atomic E-state index is 12.2. The molecule has 2 aromatic carbocycles. The number of carbonyl (C=O) groups excluding carboxylic acids is 2. The first-order valence-corrected chi connectivity index (χ1v) is 8.82. The molecule has 0 heterocycles. The second kappa shape index (κ2) is 9.61. The van der Waals surface area contributed by atoms with Crippen LogP contribution in [0, 0.1) is 0 Å². The fourth-order valence-corrected chi connectivity index (χ4v) is 2.53. The third-order valence-corrected chi connectivity index (χ3v) is 4.01. The maximum absolute atomic E-state index is 12.2. The van der Waals surface area contributed by atoms with Crippen molar-refractivity contribution >= 4 is 11.9 Å². The lowest BCUT2D eigenvalue weighted by Gasteiger charge is -2.15. The van der Waals surface area contributed by atoms with Gasteiger partial charge in [0, 0.05) is 0 Å². The van der Waals surface area contributed by atoms with Gasteiger partial charge in [-0.2, -0.15) is 0 Å². The largest absolute Gasteiger partial charge is 0.493 e. The molecule has 1 amide bonds. The number of amides is 1. The summed E-state index contributed by atoms with van der Waals surface area (Å²) in [6, 6.07) is 14.7. The second-order valence-electron chi connectivity index (χ2n) is 5.89. The highest BCUT2D eigenvalue weighted by Gasteiger charge is 2.16. The zero-order chi connectivity index (χ0) is 18.9. The zero-order valence-corrected chi connectivity index (χ0v) is 15.5. The van der Waals surface area contributed by atoms with Crippen molar-refractivity contribution in [1.29, 1.82) is 0 Å². The van der Waals surface area contributed by atoms with Crippen LogP contribution in [0.3, 0.4) is 0 Å². The summed E-state index contributed by atoms with van der Waals surface area (Å²) >= 11 is 0. The Labute approximate surface area is 154 Å². The number of rotatable bonds is 8. The highest BCUT2D eigenvalue weighted by atomic mass is 16.5. The molecular weight excluding hydrogens is 330 g/mol. The molecule has 5 nitrogen and oxygen atoms in total. The lowest BCUT2D eigenvalue weighted by atomic mass is 10.1. The Kier molecular flexibility index (Phi) is 7.21. The Bertz CT molecular complexity index is 740. The molecule has 1 N–H and O–H groups in total. The van der Waals surface area contributed by atoms with E-state index in [9.17, 15) is 9.59 Å². The first kappa shape index (κ1) is 19.5. The molecule has 0 aromatic heterocycles. The van der Waals surface area contributed by atoms with Gasteiger partial charge >= 0.3 is 5.97 Å². The van der Waals surface area contributed by atoms with Crippen molar-refractivity contribution in [2.75, 3.05) is 13.2 Å². The number of hydrogen-bond acceptors (Lipinski definition) is 4. The van der Waals surface area contributed by atoms with Crippen LogP contribution in [0.5, 0.6) is 5.75 Å². The molecule has 0 bridgehead atoms. The van der Waals surface area contributed by atoms with Crippen LogP contribution in [0.2, 0.25) is 0 Å². The normalized spacial score (nSPS) is 11.5. The van der Waals surface area contributed by atoms with E-state index < -0.39 is 5.97 Å². The van der Waals surface area contributed by atoms with Gasteiger partial charge in [-0.1, -0.05) is 43.3 Å². The molecular formula is C21H25NO4. The van der Waals surface area contributed by atoms with E-state index in [4.69, 9.17) is 9.47 Å². The SMILES string of the molecule is CCOc1ccccc1C(=O)OCC(=O)N[C@@H](C)c1ccc(CC)cc1. The number of hydrogen-bond donors (Lipinski definition) is 1. The van der Waals surface area contributed by atoms with Gasteiger partial charge in [-0.15, -0.1) is 0 Å². The minimum atomic E-state index is -0.579. The molecule has 2 rings (SSSR count). The van der Waals surface area contributed by atoms with Crippen LogP contribution in [0.1, 0.15) is 48.3 Å². The summed E-state index contributed by atoms with van der Waals surface area (Å²) in [4.78, 5) is 24.3. The Morgan fingerprint density at radius 3 is 2.38 bits per heavy atom. The van der Waals surface area contributed by atoms with Gasteiger partial charge < -0.3 is 14.8 Å². The van der Waals surface area contributed by atoms with Gasteiger partial charge in [-0.3, -0.25) is 4.79 Å². The van der Waals surface area contributed by atoms with Crippen LogP contribution in [0.25, 0.3) is 0 Å². The Morgan fingerprint density at radius 1 is 1.04 bits per heavy atom. The van der Waals surface area contributed by atoms with E-state index in [0.717, 1.165) is 12.0 Å². The lowest BCUT2D eigenvalue weighted by molar-refractivity contribution is -0.124. The quantitative estimate of drug-likeness (QED) is 0.734. The van der Waals surface area contributed by atoms with Crippen LogP contribution in [0.15, 0.2) is 48.5 Å². The lowest BCUT2D eigenvalue weighted by Crippen LogP contribution is -2.31. The highest BCUT2D eigenvalue weighted by molar-refractivity contribution is 5.94. The summed E-state index contributed by atoms with van der Waals surface area (Å²) in [5, 5.41) is 2.83. The van der Waals surface area contributed by atoms with Gasteiger partial charge in [0.05, 0.1) is 12.6 Å². The first-order chi connectivity index (χ1) is 12.5. The number of nitrogens with one attached hydrogen (secondary N) is 1. The molecule has 0 aliphatic rings. The van der Waals surface area contributed by atoms with Crippen LogP contribution in [-0.4, -0.2) is 25.1 Å². The number of para-hydroxylation sites is 1. The van der Waals surface area contributed by atoms with Gasteiger partial charge in [0.15, 0.2) is 6.61 Å². The predicted molar refractivity (Wildman–Crippen MR) is 100 cm³/mol. The van der Waals surface area contributed by atoms with Crippen LogP contribution in [0.4, 0.5) is 0 Å². The third kappa shape index (κ3) is 5.34. The van der Waals surface area contributed by atoms with E-state index in [1.54, 1.807) is 24.3 Å². The van der Waals surface area contributed by atoms with Gasteiger partial charge in [-0.05, 0) is 43.5 Å². The summed E-state index contributed by atoms with van der Waals surface area (Å²) < 4.78 is 10.5. The topological polar surface area (TPSA) is 64.6 Å². The summed E-state index contributed by atoms with van der Waals surface area (Å²) in [6.45, 7) is 5.93. The van der Waals surface area contributed by atoms with Gasteiger partial charge in [0.2, 0.25) is 0 Å². The molecule has 1 atom stereocenters. The molecule has 0 saturated heterocycles. The molecule has 26 heavy (non-hydrogen) atoms. The van der Waals surface area contributed by atoms with E-state index in [0.29, 0.717) is 17.9 Å². The number of ether oxygens (including phenoxy) is 2. The fraction of sp³-hybridized carbons (Fsp3) is 0.333. The van der Waals surface area contributed by atoms with E-state index >= 15 is 0 Å². The molecule has 2 aromatic rings. The van der Waals surface area contributed by atoms with Crippen molar-refractivity contribution in [3.63, 3.8) is 0 Å². The number of benzene rings is 2. The molecule has 0 aliphatic heterocycles. The predicted octanol–water partition coefficient (Wildman–Crippen LogP) is 3.68. The van der Waals surface area contributed by atoms with Crippen molar-refractivity contribution in [2.45, 2.75) is 33.2 Å². The van der Waals surface area contributed by atoms with Gasteiger partial charge in [0.1, 0.15) is 11.3 Å². The van der Waals surface area contributed by atoms with Crippen molar-refractivity contribution in [2.24, 2.45) is 0 Å². The second-order valence-corrected chi connectivity index (χ2v) is 5.89. The van der Waals surface area contributed by atoms with E-state index in [2.05, 4.69) is 12.2 Å². The van der Waals surface area contributed by atoms with E-state index in [1.165, 1.54) is 5.56 Å². The minimum absolute atomic E-state index is 0.164. The molecule has 5 heteroatoms. The molecule has 138 valence electrons. The molecule has 0 fully saturated rings. The van der Waals surface area contributed by atoms with Gasteiger partial charge in [-0.25, -0.2) is 4.79 Å². The molecule has 0 spiro atoms. The summed E-state index contributed by atoms with van der Waals surface area (Å²) in [7, 11) is 0. The first-order valence-electron chi connectivity index (χ1n) is 8.82. The Balaban J connectivity index is 1.88. The van der Waals surface area contributed by atoms with Crippen LogP contribution in [-0.2, 0) is 16.0 Å². The van der Waals surface area contributed by atoms with Crippen molar-refractivity contribution in [1.82, 2.24) is 5.32 Å². The fourth-order valence-electron chi connectivity index (χ4n) is 2.53. The number of aryl methyl sites for hydroxylation is 1. The average Bonchev–Trinajstić information content (AvgIpc) is 2.67. The monoisotopic (exact) mass is 355 g/mol.